The van der Waals surface area contributed by atoms with Gasteiger partial charge in [0.15, 0.2) is 0 Å². The van der Waals surface area contributed by atoms with Crippen LogP contribution in [0.3, 0.4) is 0 Å². The van der Waals surface area contributed by atoms with E-state index in [0.29, 0.717) is 41.9 Å². The molecule has 4 rings (SSSR count). The van der Waals surface area contributed by atoms with Gasteiger partial charge in [0.1, 0.15) is 23.1 Å². The Morgan fingerprint density at radius 3 is 2.66 bits per heavy atom. The molecule has 1 aliphatic rings. The highest BCUT2D eigenvalue weighted by molar-refractivity contribution is 7.89. The predicted octanol–water partition coefficient (Wildman–Crippen LogP) is 3.25. The van der Waals surface area contributed by atoms with E-state index >= 15 is 0 Å². The first-order valence-electron chi connectivity index (χ1n) is 9.91. The van der Waals surface area contributed by atoms with Crippen molar-refractivity contribution in [2.75, 3.05) is 13.1 Å². The summed E-state index contributed by atoms with van der Waals surface area (Å²) >= 11 is 5.93. The predicted molar refractivity (Wildman–Crippen MR) is 116 cm³/mol. The number of sulfonamides is 1. The summed E-state index contributed by atoms with van der Waals surface area (Å²) in [4.78, 5) is 30.8. The van der Waals surface area contributed by atoms with Crippen LogP contribution in [-0.4, -0.2) is 41.7 Å². The Morgan fingerprint density at radius 1 is 1.16 bits per heavy atom. The summed E-state index contributed by atoms with van der Waals surface area (Å²) in [5.74, 6) is -1.74. The van der Waals surface area contributed by atoms with Gasteiger partial charge >= 0.3 is 5.97 Å². The van der Waals surface area contributed by atoms with Crippen LogP contribution in [0.1, 0.15) is 35.4 Å². The number of rotatable bonds is 5. The number of hydrogen-bond donors (Lipinski definition) is 1. The molecular weight excluding hydrogens is 461 g/mol. The number of carbonyl (C=O) groups is 1. The fourth-order valence-corrected chi connectivity index (χ4v) is 5.29. The van der Waals surface area contributed by atoms with Gasteiger partial charge in [-0.25, -0.2) is 22.6 Å². The minimum atomic E-state index is -4.07. The van der Waals surface area contributed by atoms with Crippen molar-refractivity contribution in [3.63, 3.8) is 0 Å². The van der Waals surface area contributed by atoms with Gasteiger partial charge in [0.2, 0.25) is 10.0 Å². The lowest BCUT2D eigenvalue weighted by Crippen LogP contribution is -2.36. The van der Waals surface area contributed by atoms with E-state index in [1.165, 1.54) is 16.4 Å². The third-order valence-corrected chi connectivity index (χ3v) is 7.31. The number of benzene rings is 2. The molecule has 1 saturated heterocycles. The quantitative estimate of drug-likeness (QED) is 0.562. The summed E-state index contributed by atoms with van der Waals surface area (Å²) in [6.45, 7) is 0.241. The van der Waals surface area contributed by atoms with Gasteiger partial charge in [-0.05, 0) is 49.2 Å². The van der Waals surface area contributed by atoms with Gasteiger partial charge < -0.3 is 9.72 Å². The van der Waals surface area contributed by atoms with E-state index in [1.54, 1.807) is 6.07 Å². The van der Waals surface area contributed by atoms with E-state index < -0.39 is 32.3 Å². The summed E-state index contributed by atoms with van der Waals surface area (Å²) in [7, 11) is -4.07. The number of carbonyl (C=O) groups excluding carboxylic acids is 1. The largest absolute Gasteiger partial charge is 0.454 e. The van der Waals surface area contributed by atoms with Crippen LogP contribution in [0.2, 0.25) is 5.02 Å². The lowest BCUT2D eigenvalue weighted by Gasteiger charge is -2.26. The van der Waals surface area contributed by atoms with Crippen LogP contribution in [0.5, 0.6) is 0 Å². The van der Waals surface area contributed by atoms with E-state index in [4.69, 9.17) is 16.3 Å². The summed E-state index contributed by atoms with van der Waals surface area (Å²) in [5.41, 5.74) is -0.216. The molecule has 0 saturated carbocycles. The lowest BCUT2D eigenvalue weighted by atomic mass is 10.2. The minimum absolute atomic E-state index is 0.0846. The molecule has 1 aliphatic heterocycles. The summed E-state index contributed by atoms with van der Waals surface area (Å²) in [6.07, 6.45) is 2.31. The molecule has 3 aromatic rings. The molecule has 0 bridgehead atoms. The molecule has 1 aromatic heterocycles. The number of ether oxygens (including phenoxy) is 1. The third kappa shape index (κ3) is 4.52. The highest BCUT2D eigenvalue weighted by Crippen LogP contribution is 2.24. The van der Waals surface area contributed by atoms with Gasteiger partial charge in [0.05, 0.1) is 16.5 Å². The normalized spacial score (nSPS) is 15.1. The average Bonchev–Trinajstić information content (AvgIpc) is 2.78. The number of halogens is 2. The van der Waals surface area contributed by atoms with E-state index in [-0.39, 0.29) is 18.0 Å². The van der Waals surface area contributed by atoms with Crippen molar-refractivity contribution in [1.29, 1.82) is 0 Å². The summed E-state index contributed by atoms with van der Waals surface area (Å²) in [5, 5.41) is 0.725. The fourth-order valence-electron chi connectivity index (χ4n) is 3.52. The van der Waals surface area contributed by atoms with Crippen molar-refractivity contribution >= 4 is 38.5 Å². The van der Waals surface area contributed by atoms with Crippen LogP contribution >= 0.6 is 11.6 Å². The highest BCUT2D eigenvalue weighted by Gasteiger charge is 2.29. The average molecular weight is 480 g/mol. The number of fused-ring (bicyclic) bond motifs is 1. The van der Waals surface area contributed by atoms with Crippen LogP contribution in [0.15, 0.2) is 46.1 Å². The number of piperidine rings is 1. The molecule has 32 heavy (non-hydrogen) atoms. The first-order chi connectivity index (χ1) is 15.3. The van der Waals surface area contributed by atoms with Gasteiger partial charge in [-0.3, -0.25) is 4.79 Å². The zero-order chi connectivity index (χ0) is 22.9. The molecular formula is C21H19ClFN3O5S. The van der Waals surface area contributed by atoms with Crippen molar-refractivity contribution < 1.29 is 22.3 Å². The van der Waals surface area contributed by atoms with Crippen LogP contribution in [0, 0.1) is 5.82 Å². The third-order valence-electron chi connectivity index (χ3n) is 5.16. The molecule has 1 fully saturated rings. The number of hydrogen-bond acceptors (Lipinski definition) is 6. The van der Waals surface area contributed by atoms with Crippen LogP contribution in [0.4, 0.5) is 4.39 Å². The maximum Gasteiger partial charge on any atom is 0.338 e. The van der Waals surface area contributed by atoms with Crippen LogP contribution in [-0.2, 0) is 21.4 Å². The van der Waals surface area contributed by atoms with Crippen LogP contribution in [0.25, 0.3) is 10.9 Å². The molecule has 0 radical (unpaired) electrons. The molecule has 0 spiro atoms. The summed E-state index contributed by atoms with van der Waals surface area (Å²) in [6, 6.07) is 7.63. The lowest BCUT2D eigenvalue weighted by molar-refractivity contribution is 0.0462. The Kier molecular flexibility index (Phi) is 6.27. The van der Waals surface area contributed by atoms with Crippen molar-refractivity contribution in [3.05, 3.63) is 69.0 Å². The Hall–Kier alpha value is -2.82. The number of nitrogens with one attached hydrogen (secondary N) is 1. The molecule has 2 aromatic carbocycles. The maximum atomic E-state index is 14.3. The molecule has 2 heterocycles. The first-order valence-corrected chi connectivity index (χ1v) is 11.7. The molecule has 1 N–H and O–H groups in total. The Morgan fingerprint density at radius 2 is 1.91 bits per heavy atom. The van der Waals surface area contributed by atoms with E-state index in [1.807, 2.05) is 0 Å². The minimum Gasteiger partial charge on any atom is -0.454 e. The molecule has 0 atom stereocenters. The zero-order valence-electron chi connectivity index (χ0n) is 16.8. The van der Waals surface area contributed by atoms with Crippen LogP contribution < -0.4 is 5.56 Å². The summed E-state index contributed by atoms with van der Waals surface area (Å²) < 4.78 is 46.4. The molecule has 8 nitrogen and oxygen atoms in total. The second kappa shape index (κ2) is 8.97. The van der Waals surface area contributed by atoms with E-state index in [2.05, 4.69) is 9.97 Å². The molecule has 168 valence electrons. The molecule has 11 heteroatoms. The topological polar surface area (TPSA) is 109 Å². The number of aromatic nitrogens is 2. The van der Waals surface area contributed by atoms with Crippen molar-refractivity contribution in [2.24, 2.45) is 0 Å². The zero-order valence-corrected chi connectivity index (χ0v) is 18.4. The van der Waals surface area contributed by atoms with Gasteiger partial charge in [-0.1, -0.05) is 18.0 Å². The molecule has 0 amide bonds. The van der Waals surface area contributed by atoms with Crippen molar-refractivity contribution in [1.82, 2.24) is 14.3 Å². The fraction of sp³-hybridized carbons (Fsp3) is 0.286. The maximum absolute atomic E-state index is 14.3. The van der Waals surface area contributed by atoms with Crippen molar-refractivity contribution in [2.45, 2.75) is 30.8 Å². The number of H-pyrrole nitrogens is 1. The molecule has 0 unspecified atom stereocenters. The second-order valence-corrected chi connectivity index (χ2v) is 9.70. The smallest absolute Gasteiger partial charge is 0.338 e. The van der Waals surface area contributed by atoms with Gasteiger partial charge in [0, 0.05) is 18.1 Å². The number of esters is 1. The van der Waals surface area contributed by atoms with E-state index in [9.17, 15) is 22.4 Å². The van der Waals surface area contributed by atoms with E-state index in [0.717, 1.165) is 24.6 Å². The number of aromatic amines is 1. The Labute approximate surface area is 188 Å². The Bertz CT molecular complexity index is 1350. The monoisotopic (exact) mass is 479 g/mol. The van der Waals surface area contributed by atoms with Gasteiger partial charge in [-0.2, -0.15) is 4.31 Å². The standard InChI is InChI=1S/C21H19ClFN3O5S/c22-14-5-6-15-17(11-14)24-19(25-20(15)27)12-31-21(28)13-4-7-16(23)18(10-13)32(29,30)26-8-2-1-3-9-26/h4-7,10-11H,1-3,8-9,12H2,(H,24,25,27). The second-order valence-electron chi connectivity index (χ2n) is 7.36. The Balaban J connectivity index is 1.55. The van der Waals surface area contributed by atoms with Crippen molar-refractivity contribution in [3.8, 4) is 0 Å². The highest BCUT2D eigenvalue weighted by atomic mass is 35.5. The first kappa shape index (κ1) is 22.4. The number of nitrogens with zero attached hydrogens (tertiary/aromatic N) is 2. The molecule has 0 aliphatic carbocycles. The van der Waals surface area contributed by atoms with Gasteiger partial charge in [0.25, 0.3) is 5.56 Å². The SMILES string of the molecule is O=C(OCc1nc2cc(Cl)ccc2c(=O)[nH]1)c1ccc(F)c(S(=O)(=O)N2CCCCC2)c1. The van der Waals surface area contributed by atoms with Gasteiger partial charge in [-0.15, -0.1) is 0 Å².